The first kappa shape index (κ1) is 15.2. The predicted molar refractivity (Wildman–Crippen MR) is 79.2 cm³/mol. The minimum Gasteiger partial charge on any atom is -0.363 e. The molecule has 1 fully saturated rings. The first-order valence-electron chi connectivity index (χ1n) is 6.87. The summed E-state index contributed by atoms with van der Waals surface area (Å²) in [5.74, 6) is 1.62. The van der Waals surface area contributed by atoms with Crippen molar-refractivity contribution in [2.45, 2.75) is 32.7 Å². The molecule has 0 saturated carbocycles. The molecule has 0 spiro atoms. The zero-order valence-corrected chi connectivity index (χ0v) is 13.3. The SMILES string of the molecule is CCS(=O)(=O)N1CCCC1c1cc(N(C)C)nc(C)n1. The fraction of sp³-hybridized carbons (Fsp3) is 0.692. The summed E-state index contributed by atoms with van der Waals surface area (Å²) in [6.07, 6.45) is 1.70. The summed E-state index contributed by atoms with van der Waals surface area (Å²) in [7, 11) is 0.653. The van der Waals surface area contributed by atoms with Gasteiger partial charge in [0.2, 0.25) is 10.0 Å². The summed E-state index contributed by atoms with van der Waals surface area (Å²) >= 11 is 0. The normalized spacial score (nSPS) is 20.3. The highest BCUT2D eigenvalue weighted by atomic mass is 32.2. The van der Waals surface area contributed by atoms with Crippen molar-refractivity contribution >= 4 is 15.8 Å². The second kappa shape index (κ2) is 5.65. The standard InChI is InChI=1S/C13H22N4O2S/c1-5-20(18,19)17-8-6-7-12(17)11-9-13(16(3)4)15-10(2)14-11/h9,12H,5-8H2,1-4H3. The van der Waals surface area contributed by atoms with E-state index in [0.29, 0.717) is 12.4 Å². The topological polar surface area (TPSA) is 66.4 Å². The second-order valence-corrected chi connectivity index (χ2v) is 7.47. The fourth-order valence-electron chi connectivity index (χ4n) is 2.51. The van der Waals surface area contributed by atoms with E-state index < -0.39 is 10.0 Å². The molecule has 1 aliphatic rings. The molecule has 1 saturated heterocycles. The molecule has 0 amide bonds. The van der Waals surface area contributed by atoms with Crippen molar-refractivity contribution in [2.24, 2.45) is 0 Å². The maximum atomic E-state index is 12.2. The van der Waals surface area contributed by atoms with Gasteiger partial charge in [-0.05, 0) is 26.7 Å². The number of aryl methyl sites for hydroxylation is 1. The van der Waals surface area contributed by atoms with E-state index in [-0.39, 0.29) is 11.8 Å². The maximum Gasteiger partial charge on any atom is 0.214 e. The minimum atomic E-state index is -3.18. The Bertz CT molecular complexity index is 586. The lowest BCUT2D eigenvalue weighted by atomic mass is 10.1. The fourth-order valence-corrected chi connectivity index (χ4v) is 3.85. The lowest BCUT2D eigenvalue weighted by molar-refractivity contribution is 0.390. The first-order valence-corrected chi connectivity index (χ1v) is 8.48. The van der Waals surface area contributed by atoms with E-state index in [4.69, 9.17) is 0 Å². The molecule has 0 aliphatic carbocycles. The Morgan fingerprint density at radius 2 is 2.10 bits per heavy atom. The monoisotopic (exact) mass is 298 g/mol. The number of sulfonamides is 1. The van der Waals surface area contributed by atoms with Crippen molar-refractivity contribution < 1.29 is 8.42 Å². The molecule has 6 nitrogen and oxygen atoms in total. The van der Waals surface area contributed by atoms with Gasteiger partial charge in [0.05, 0.1) is 17.5 Å². The predicted octanol–water partition coefficient (Wildman–Crippen LogP) is 1.34. The summed E-state index contributed by atoms with van der Waals surface area (Å²) in [5.41, 5.74) is 0.802. The lowest BCUT2D eigenvalue weighted by Crippen LogP contribution is -2.32. The van der Waals surface area contributed by atoms with E-state index in [1.807, 2.05) is 32.0 Å². The molecule has 0 aromatic carbocycles. The zero-order chi connectivity index (χ0) is 14.9. The van der Waals surface area contributed by atoms with E-state index in [1.165, 1.54) is 0 Å². The van der Waals surface area contributed by atoms with Crippen LogP contribution in [-0.4, -0.2) is 49.1 Å². The van der Waals surface area contributed by atoms with Crippen molar-refractivity contribution in [3.05, 3.63) is 17.6 Å². The van der Waals surface area contributed by atoms with Crippen LogP contribution in [0.4, 0.5) is 5.82 Å². The summed E-state index contributed by atoms with van der Waals surface area (Å²) in [6, 6.07) is 1.74. The number of hydrogen-bond acceptors (Lipinski definition) is 5. The van der Waals surface area contributed by atoms with E-state index in [1.54, 1.807) is 11.2 Å². The van der Waals surface area contributed by atoms with Crippen LogP contribution in [0.2, 0.25) is 0 Å². The number of anilines is 1. The van der Waals surface area contributed by atoms with Crippen molar-refractivity contribution in [2.75, 3.05) is 31.3 Å². The summed E-state index contributed by atoms with van der Waals surface area (Å²) in [5, 5.41) is 0. The van der Waals surface area contributed by atoms with Crippen LogP contribution in [0, 0.1) is 6.92 Å². The van der Waals surface area contributed by atoms with Crippen molar-refractivity contribution in [3.63, 3.8) is 0 Å². The highest BCUT2D eigenvalue weighted by Gasteiger charge is 2.35. The second-order valence-electron chi connectivity index (χ2n) is 5.26. The Balaban J connectivity index is 2.40. The van der Waals surface area contributed by atoms with Crippen LogP contribution in [0.15, 0.2) is 6.07 Å². The van der Waals surface area contributed by atoms with Gasteiger partial charge in [-0.3, -0.25) is 0 Å². The highest BCUT2D eigenvalue weighted by Crippen LogP contribution is 2.34. The Labute approximate surface area is 120 Å². The molecule has 0 bridgehead atoms. The Morgan fingerprint density at radius 1 is 1.40 bits per heavy atom. The van der Waals surface area contributed by atoms with Crippen LogP contribution in [0.5, 0.6) is 0 Å². The van der Waals surface area contributed by atoms with E-state index in [0.717, 1.165) is 24.4 Å². The third-order valence-electron chi connectivity index (χ3n) is 3.57. The largest absolute Gasteiger partial charge is 0.363 e. The van der Waals surface area contributed by atoms with Crippen LogP contribution in [0.1, 0.15) is 37.3 Å². The van der Waals surface area contributed by atoms with Crippen LogP contribution in [-0.2, 0) is 10.0 Å². The van der Waals surface area contributed by atoms with Gasteiger partial charge in [0.15, 0.2) is 0 Å². The van der Waals surface area contributed by atoms with Crippen molar-refractivity contribution in [3.8, 4) is 0 Å². The summed E-state index contributed by atoms with van der Waals surface area (Å²) in [6.45, 7) is 4.10. The Kier molecular flexibility index (Phi) is 4.29. The van der Waals surface area contributed by atoms with E-state index >= 15 is 0 Å². The van der Waals surface area contributed by atoms with Crippen LogP contribution >= 0.6 is 0 Å². The lowest BCUT2D eigenvalue weighted by Gasteiger charge is -2.24. The number of hydrogen-bond donors (Lipinski definition) is 0. The van der Waals surface area contributed by atoms with Gasteiger partial charge in [-0.2, -0.15) is 4.31 Å². The van der Waals surface area contributed by atoms with Gasteiger partial charge >= 0.3 is 0 Å². The van der Waals surface area contributed by atoms with Crippen LogP contribution in [0.3, 0.4) is 0 Å². The van der Waals surface area contributed by atoms with Gasteiger partial charge in [0.25, 0.3) is 0 Å². The third kappa shape index (κ3) is 2.93. The molecule has 0 N–H and O–H groups in total. The van der Waals surface area contributed by atoms with E-state index in [9.17, 15) is 8.42 Å². The Hall–Kier alpha value is -1.21. The third-order valence-corrected chi connectivity index (χ3v) is 5.45. The average Bonchev–Trinajstić information content (AvgIpc) is 2.88. The van der Waals surface area contributed by atoms with Gasteiger partial charge in [-0.15, -0.1) is 0 Å². The molecule has 7 heteroatoms. The number of nitrogens with zero attached hydrogens (tertiary/aromatic N) is 4. The van der Waals surface area contributed by atoms with Crippen molar-refractivity contribution in [1.29, 1.82) is 0 Å². The number of rotatable bonds is 4. The van der Waals surface area contributed by atoms with Crippen LogP contribution in [0.25, 0.3) is 0 Å². The van der Waals surface area contributed by atoms with E-state index in [2.05, 4.69) is 9.97 Å². The van der Waals surface area contributed by atoms with Gasteiger partial charge < -0.3 is 4.90 Å². The molecule has 112 valence electrons. The average molecular weight is 298 g/mol. The molecular formula is C13H22N4O2S. The van der Waals surface area contributed by atoms with Gasteiger partial charge in [0.1, 0.15) is 11.6 Å². The molecule has 1 aliphatic heterocycles. The first-order chi connectivity index (χ1) is 9.35. The molecular weight excluding hydrogens is 276 g/mol. The molecule has 1 aromatic rings. The molecule has 2 heterocycles. The summed E-state index contributed by atoms with van der Waals surface area (Å²) in [4.78, 5) is 10.7. The molecule has 1 unspecified atom stereocenters. The van der Waals surface area contributed by atoms with Crippen molar-refractivity contribution in [1.82, 2.24) is 14.3 Å². The van der Waals surface area contributed by atoms with Gasteiger partial charge in [-0.1, -0.05) is 0 Å². The van der Waals surface area contributed by atoms with Gasteiger partial charge in [-0.25, -0.2) is 18.4 Å². The van der Waals surface area contributed by atoms with Crippen LogP contribution < -0.4 is 4.90 Å². The molecule has 20 heavy (non-hydrogen) atoms. The smallest absolute Gasteiger partial charge is 0.214 e. The molecule has 2 rings (SSSR count). The highest BCUT2D eigenvalue weighted by molar-refractivity contribution is 7.89. The Morgan fingerprint density at radius 3 is 2.70 bits per heavy atom. The minimum absolute atomic E-state index is 0.133. The van der Waals surface area contributed by atoms with Gasteiger partial charge in [0, 0.05) is 26.7 Å². The molecule has 1 aromatic heterocycles. The quantitative estimate of drug-likeness (QED) is 0.839. The molecule has 0 radical (unpaired) electrons. The maximum absolute atomic E-state index is 12.2. The zero-order valence-electron chi connectivity index (χ0n) is 12.5. The summed E-state index contributed by atoms with van der Waals surface area (Å²) < 4.78 is 25.9. The molecule has 1 atom stereocenters. The number of aromatic nitrogens is 2.